The van der Waals surface area contributed by atoms with E-state index in [1.54, 1.807) is 13.2 Å². The van der Waals surface area contributed by atoms with Crippen LogP contribution in [0.1, 0.15) is 25.3 Å². The van der Waals surface area contributed by atoms with Crippen molar-refractivity contribution < 1.29 is 14.7 Å². The van der Waals surface area contributed by atoms with Gasteiger partial charge in [-0.15, -0.1) is 0 Å². The first-order chi connectivity index (χ1) is 8.22. The van der Waals surface area contributed by atoms with Crippen LogP contribution in [0.3, 0.4) is 0 Å². The molecule has 1 N–H and O–H groups in total. The van der Waals surface area contributed by atoms with E-state index >= 15 is 0 Å². The first kappa shape index (κ1) is 13.8. The van der Waals surface area contributed by atoms with E-state index in [9.17, 15) is 0 Å². The molecule has 1 rings (SSSR count). The molecule has 1 aromatic rings. The van der Waals surface area contributed by atoms with E-state index in [-0.39, 0.29) is 0 Å². The summed E-state index contributed by atoms with van der Waals surface area (Å²) < 4.78 is 11.6. The third kappa shape index (κ3) is 3.93. The fourth-order valence-electron chi connectivity index (χ4n) is 1.31. The van der Waals surface area contributed by atoms with E-state index in [1.807, 2.05) is 6.07 Å². The largest absolute Gasteiger partial charge is 0.493 e. The lowest BCUT2D eigenvalue weighted by Gasteiger charge is -2.12. The number of halogens is 1. The molecule has 0 aliphatic heterocycles. The van der Waals surface area contributed by atoms with Crippen molar-refractivity contribution in [3.05, 3.63) is 22.2 Å². The van der Waals surface area contributed by atoms with Gasteiger partial charge in [-0.2, -0.15) is 0 Å². The van der Waals surface area contributed by atoms with Crippen LogP contribution in [0, 0.1) is 0 Å². The van der Waals surface area contributed by atoms with Crippen molar-refractivity contribution in [1.82, 2.24) is 0 Å². The highest BCUT2D eigenvalue weighted by molar-refractivity contribution is 9.10. The summed E-state index contributed by atoms with van der Waals surface area (Å²) in [6.45, 7) is 2.77. The van der Waals surface area contributed by atoms with Crippen LogP contribution in [-0.4, -0.2) is 25.1 Å². The number of unbranched alkanes of at least 4 members (excludes halogenated alkanes) is 1. The predicted octanol–water partition coefficient (Wildman–Crippen LogP) is 3.44. The molecule has 94 valence electrons. The van der Waals surface area contributed by atoms with E-state index in [2.05, 4.69) is 28.0 Å². The van der Waals surface area contributed by atoms with Crippen LogP contribution in [0.4, 0.5) is 0 Å². The highest BCUT2D eigenvalue weighted by atomic mass is 79.9. The predicted molar refractivity (Wildman–Crippen MR) is 70.5 cm³/mol. The minimum absolute atomic E-state index is 0.624. The molecular formula is C12H16BrNO3. The Morgan fingerprint density at radius 2 is 2.18 bits per heavy atom. The summed E-state index contributed by atoms with van der Waals surface area (Å²) in [5, 5.41) is 11.5. The molecule has 0 bridgehead atoms. The molecule has 0 aliphatic rings. The Morgan fingerprint density at radius 3 is 2.76 bits per heavy atom. The lowest BCUT2D eigenvalue weighted by Crippen LogP contribution is -2.00. The minimum Gasteiger partial charge on any atom is -0.493 e. The Hall–Kier alpha value is -1.23. The second-order valence-corrected chi connectivity index (χ2v) is 4.33. The second-order valence-electron chi connectivity index (χ2n) is 3.47. The molecule has 0 heterocycles. The molecule has 0 amide bonds. The fraction of sp³-hybridized carbons (Fsp3) is 0.417. The van der Waals surface area contributed by atoms with Crippen molar-refractivity contribution in [2.24, 2.45) is 5.16 Å². The summed E-state index contributed by atoms with van der Waals surface area (Å²) in [7, 11) is 1.58. The van der Waals surface area contributed by atoms with E-state index < -0.39 is 0 Å². The zero-order valence-electron chi connectivity index (χ0n) is 9.94. The fourth-order valence-corrected chi connectivity index (χ4v) is 1.74. The number of hydrogen-bond donors (Lipinski definition) is 1. The summed E-state index contributed by atoms with van der Waals surface area (Å²) in [4.78, 5) is 0. The first-order valence-corrected chi connectivity index (χ1v) is 6.20. The minimum atomic E-state index is 0.624. The van der Waals surface area contributed by atoms with Crippen molar-refractivity contribution in [1.29, 1.82) is 0 Å². The molecule has 0 radical (unpaired) electrons. The summed E-state index contributed by atoms with van der Waals surface area (Å²) in [6, 6.07) is 3.57. The van der Waals surface area contributed by atoms with Crippen molar-refractivity contribution in [2.45, 2.75) is 19.8 Å². The molecule has 5 heteroatoms. The van der Waals surface area contributed by atoms with Crippen LogP contribution in [0.25, 0.3) is 0 Å². The molecule has 0 saturated carbocycles. The molecule has 4 nitrogen and oxygen atoms in total. The number of ether oxygens (including phenoxy) is 2. The number of hydrogen-bond acceptors (Lipinski definition) is 4. The summed E-state index contributed by atoms with van der Waals surface area (Å²) in [6.07, 6.45) is 3.42. The maximum atomic E-state index is 8.53. The van der Waals surface area contributed by atoms with Crippen molar-refractivity contribution in [3.8, 4) is 11.5 Å². The third-order valence-corrected chi connectivity index (χ3v) is 2.92. The van der Waals surface area contributed by atoms with Crippen molar-refractivity contribution in [3.63, 3.8) is 0 Å². The average molecular weight is 302 g/mol. The van der Waals surface area contributed by atoms with Gasteiger partial charge < -0.3 is 14.7 Å². The van der Waals surface area contributed by atoms with Gasteiger partial charge in [-0.05, 0) is 34.5 Å². The summed E-state index contributed by atoms with van der Waals surface area (Å²) in [5.74, 6) is 1.31. The zero-order valence-corrected chi connectivity index (χ0v) is 11.5. The molecule has 0 unspecified atom stereocenters. The van der Waals surface area contributed by atoms with Crippen LogP contribution in [0.2, 0.25) is 0 Å². The Labute approximate surface area is 109 Å². The van der Waals surface area contributed by atoms with Crippen LogP contribution < -0.4 is 9.47 Å². The third-order valence-electron chi connectivity index (χ3n) is 2.24. The molecule has 0 aliphatic carbocycles. The Balaban J connectivity index is 2.93. The van der Waals surface area contributed by atoms with Crippen molar-refractivity contribution >= 4 is 22.1 Å². The quantitative estimate of drug-likeness (QED) is 0.379. The lowest BCUT2D eigenvalue weighted by molar-refractivity contribution is 0.288. The van der Waals surface area contributed by atoms with Gasteiger partial charge in [0, 0.05) is 10.0 Å². The van der Waals surface area contributed by atoms with Gasteiger partial charge in [0.05, 0.1) is 19.9 Å². The topological polar surface area (TPSA) is 51.0 Å². The van der Waals surface area contributed by atoms with Gasteiger partial charge in [0.2, 0.25) is 0 Å². The number of methoxy groups -OCH3 is 1. The highest BCUT2D eigenvalue weighted by Crippen LogP contribution is 2.33. The number of rotatable bonds is 6. The molecule has 17 heavy (non-hydrogen) atoms. The normalized spacial score (nSPS) is 10.8. The Bertz CT molecular complexity index is 394. The first-order valence-electron chi connectivity index (χ1n) is 5.40. The monoisotopic (exact) mass is 301 g/mol. The summed E-state index contributed by atoms with van der Waals surface area (Å²) in [5.41, 5.74) is 0.729. The average Bonchev–Trinajstić information content (AvgIpc) is 2.33. The molecule has 0 spiro atoms. The van der Waals surface area contributed by atoms with Crippen LogP contribution in [-0.2, 0) is 0 Å². The van der Waals surface area contributed by atoms with E-state index in [0.717, 1.165) is 22.9 Å². The Morgan fingerprint density at radius 1 is 1.41 bits per heavy atom. The van der Waals surface area contributed by atoms with Gasteiger partial charge in [-0.25, -0.2) is 0 Å². The van der Waals surface area contributed by atoms with Crippen LogP contribution >= 0.6 is 15.9 Å². The smallest absolute Gasteiger partial charge is 0.162 e. The zero-order chi connectivity index (χ0) is 12.7. The molecular weight excluding hydrogens is 286 g/mol. The van der Waals surface area contributed by atoms with E-state index in [1.165, 1.54) is 6.21 Å². The van der Waals surface area contributed by atoms with Gasteiger partial charge in [0.15, 0.2) is 11.5 Å². The lowest BCUT2D eigenvalue weighted by atomic mass is 10.2. The Kier molecular flexibility index (Phi) is 5.83. The van der Waals surface area contributed by atoms with Gasteiger partial charge in [0.25, 0.3) is 0 Å². The van der Waals surface area contributed by atoms with E-state index in [4.69, 9.17) is 14.7 Å². The summed E-state index contributed by atoms with van der Waals surface area (Å²) >= 11 is 3.38. The number of nitrogens with zero attached hydrogens (tertiary/aromatic N) is 1. The SMILES string of the molecule is CCCCOc1cc(Br)c(/C=N\O)cc1OC. The standard InChI is InChI=1S/C12H16BrNO3/c1-3-4-5-17-12-7-10(13)9(8-14-15)6-11(12)16-2/h6-8,15H,3-5H2,1-2H3/b14-8-. The molecule has 0 aromatic heterocycles. The molecule has 0 atom stereocenters. The maximum absolute atomic E-state index is 8.53. The second kappa shape index (κ2) is 7.17. The molecule has 0 fully saturated rings. The number of oxime groups is 1. The number of benzene rings is 1. The van der Waals surface area contributed by atoms with E-state index in [0.29, 0.717) is 18.1 Å². The van der Waals surface area contributed by atoms with Crippen LogP contribution in [0.15, 0.2) is 21.8 Å². The van der Waals surface area contributed by atoms with Crippen molar-refractivity contribution in [2.75, 3.05) is 13.7 Å². The van der Waals surface area contributed by atoms with Gasteiger partial charge >= 0.3 is 0 Å². The molecule has 1 aromatic carbocycles. The maximum Gasteiger partial charge on any atom is 0.162 e. The van der Waals surface area contributed by atoms with Gasteiger partial charge in [-0.3, -0.25) is 0 Å². The van der Waals surface area contributed by atoms with Gasteiger partial charge in [-0.1, -0.05) is 18.5 Å². The highest BCUT2D eigenvalue weighted by Gasteiger charge is 2.09. The molecule has 0 saturated heterocycles. The van der Waals surface area contributed by atoms with Gasteiger partial charge in [0.1, 0.15) is 0 Å². The van der Waals surface area contributed by atoms with Crippen LogP contribution in [0.5, 0.6) is 11.5 Å².